The van der Waals surface area contributed by atoms with Gasteiger partial charge in [-0.25, -0.2) is 0 Å². The Morgan fingerprint density at radius 2 is 1.55 bits per heavy atom. The predicted octanol–water partition coefficient (Wildman–Crippen LogP) is 5.27. The lowest BCUT2D eigenvalue weighted by Crippen LogP contribution is -2.30. The highest BCUT2D eigenvalue weighted by atomic mass is 14.9. The van der Waals surface area contributed by atoms with Crippen LogP contribution in [0.4, 0.5) is 0 Å². The molecule has 0 amide bonds. The molecule has 1 heteroatoms. The summed E-state index contributed by atoms with van der Waals surface area (Å²) in [6.07, 6.45) is 10.8. The molecule has 1 aromatic carbocycles. The predicted molar refractivity (Wildman–Crippen MR) is 90.3 cm³/mol. The Labute approximate surface area is 126 Å². The molecule has 0 spiro atoms. The molecule has 0 bridgehead atoms. The van der Waals surface area contributed by atoms with Gasteiger partial charge in [-0.3, -0.25) is 0 Å². The quantitative estimate of drug-likeness (QED) is 0.543. The first kappa shape index (κ1) is 17.2. The Bertz CT molecular complexity index is 328. The molecule has 1 atom stereocenters. The molecule has 0 aliphatic heterocycles. The highest BCUT2D eigenvalue weighted by molar-refractivity contribution is 5.22. The molecule has 0 fully saturated rings. The molecule has 1 nitrogen and oxygen atoms in total. The third-order valence-electron chi connectivity index (χ3n) is 4.00. The van der Waals surface area contributed by atoms with Crippen LogP contribution in [0.1, 0.15) is 69.9 Å². The fraction of sp³-hybridized carbons (Fsp3) is 0.684. The standard InChI is InChI=1S/C19H33N/c1-4-6-7-8-9-10-11-19(20-5-2)16-18-14-12-17(3)13-15-18/h12-15,19-20H,4-11,16H2,1-3H3. The Kier molecular flexibility index (Phi) is 9.40. The lowest BCUT2D eigenvalue weighted by molar-refractivity contribution is 0.459. The number of benzene rings is 1. The molecule has 1 aromatic rings. The van der Waals surface area contributed by atoms with Crippen molar-refractivity contribution in [1.29, 1.82) is 0 Å². The van der Waals surface area contributed by atoms with Gasteiger partial charge in [0.2, 0.25) is 0 Å². The number of rotatable bonds is 11. The van der Waals surface area contributed by atoms with Gasteiger partial charge in [0.1, 0.15) is 0 Å². The largest absolute Gasteiger partial charge is 0.314 e. The van der Waals surface area contributed by atoms with E-state index in [-0.39, 0.29) is 0 Å². The van der Waals surface area contributed by atoms with Crippen molar-refractivity contribution in [1.82, 2.24) is 5.32 Å². The van der Waals surface area contributed by atoms with Crippen LogP contribution in [-0.2, 0) is 6.42 Å². The number of unbranched alkanes of at least 4 members (excludes halogenated alkanes) is 5. The molecule has 0 heterocycles. The Morgan fingerprint density at radius 3 is 2.20 bits per heavy atom. The SMILES string of the molecule is CCCCCCCCC(Cc1ccc(C)cc1)NCC. The number of hydrogen-bond acceptors (Lipinski definition) is 1. The number of hydrogen-bond donors (Lipinski definition) is 1. The average Bonchev–Trinajstić information content (AvgIpc) is 2.45. The topological polar surface area (TPSA) is 12.0 Å². The number of nitrogens with one attached hydrogen (secondary N) is 1. The second kappa shape index (κ2) is 10.9. The molecular formula is C19H33N. The zero-order chi connectivity index (χ0) is 14.6. The van der Waals surface area contributed by atoms with Gasteiger partial charge in [-0.05, 0) is 31.9 Å². The van der Waals surface area contributed by atoms with Gasteiger partial charge in [-0.2, -0.15) is 0 Å². The van der Waals surface area contributed by atoms with E-state index in [1.807, 2.05) is 0 Å². The van der Waals surface area contributed by atoms with Gasteiger partial charge in [0, 0.05) is 6.04 Å². The fourth-order valence-corrected chi connectivity index (χ4v) is 2.74. The molecule has 0 saturated heterocycles. The summed E-state index contributed by atoms with van der Waals surface area (Å²) < 4.78 is 0. The maximum absolute atomic E-state index is 3.65. The summed E-state index contributed by atoms with van der Waals surface area (Å²) in [7, 11) is 0. The van der Waals surface area contributed by atoms with Crippen molar-refractivity contribution in [3.05, 3.63) is 35.4 Å². The lowest BCUT2D eigenvalue weighted by Gasteiger charge is -2.18. The average molecular weight is 275 g/mol. The Morgan fingerprint density at radius 1 is 0.900 bits per heavy atom. The van der Waals surface area contributed by atoms with Crippen LogP contribution in [0.2, 0.25) is 0 Å². The summed E-state index contributed by atoms with van der Waals surface area (Å²) in [6, 6.07) is 9.66. The van der Waals surface area contributed by atoms with E-state index < -0.39 is 0 Å². The van der Waals surface area contributed by atoms with Crippen molar-refractivity contribution in [3.8, 4) is 0 Å². The van der Waals surface area contributed by atoms with Crippen LogP contribution in [0, 0.1) is 6.92 Å². The van der Waals surface area contributed by atoms with Crippen LogP contribution in [-0.4, -0.2) is 12.6 Å². The van der Waals surface area contributed by atoms with Gasteiger partial charge in [0.25, 0.3) is 0 Å². The van der Waals surface area contributed by atoms with Gasteiger partial charge in [-0.15, -0.1) is 0 Å². The minimum Gasteiger partial charge on any atom is -0.314 e. The van der Waals surface area contributed by atoms with Crippen molar-refractivity contribution in [2.75, 3.05) is 6.54 Å². The second-order valence-corrected chi connectivity index (χ2v) is 6.00. The highest BCUT2D eigenvalue weighted by Gasteiger charge is 2.08. The smallest absolute Gasteiger partial charge is 0.0107 e. The van der Waals surface area contributed by atoms with Gasteiger partial charge in [0.05, 0.1) is 0 Å². The summed E-state index contributed by atoms with van der Waals surface area (Å²) in [5, 5.41) is 3.65. The van der Waals surface area contributed by atoms with Crippen molar-refractivity contribution in [3.63, 3.8) is 0 Å². The molecule has 1 rings (SSSR count). The van der Waals surface area contributed by atoms with Gasteiger partial charge < -0.3 is 5.32 Å². The molecule has 0 radical (unpaired) electrons. The first-order valence-electron chi connectivity index (χ1n) is 8.55. The minimum absolute atomic E-state index is 0.647. The van der Waals surface area contributed by atoms with Crippen LogP contribution in [0.25, 0.3) is 0 Å². The van der Waals surface area contributed by atoms with E-state index in [1.54, 1.807) is 0 Å². The van der Waals surface area contributed by atoms with E-state index in [0.29, 0.717) is 6.04 Å². The Hall–Kier alpha value is -0.820. The van der Waals surface area contributed by atoms with E-state index in [0.717, 1.165) is 6.54 Å². The molecule has 114 valence electrons. The zero-order valence-electron chi connectivity index (χ0n) is 13.8. The third kappa shape index (κ3) is 7.69. The molecule has 1 N–H and O–H groups in total. The van der Waals surface area contributed by atoms with Crippen LogP contribution >= 0.6 is 0 Å². The molecule has 0 aliphatic carbocycles. The number of likely N-dealkylation sites (N-methyl/N-ethyl adjacent to an activating group) is 1. The first-order valence-corrected chi connectivity index (χ1v) is 8.55. The monoisotopic (exact) mass is 275 g/mol. The maximum Gasteiger partial charge on any atom is 0.0107 e. The third-order valence-corrected chi connectivity index (χ3v) is 4.00. The molecule has 0 aromatic heterocycles. The summed E-state index contributed by atoms with van der Waals surface area (Å²) in [4.78, 5) is 0. The highest BCUT2D eigenvalue weighted by Crippen LogP contribution is 2.13. The Balaban J connectivity index is 2.27. The fourth-order valence-electron chi connectivity index (χ4n) is 2.74. The van der Waals surface area contributed by atoms with E-state index in [4.69, 9.17) is 0 Å². The molecule has 20 heavy (non-hydrogen) atoms. The van der Waals surface area contributed by atoms with E-state index in [2.05, 4.69) is 50.4 Å². The zero-order valence-corrected chi connectivity index (χ0v) is 13.8. The van der Waals surface area contributed by atoms with E-state index in [1.165, 1.54) is 62.5 Å². The van der Waals surface area contributed by atoms with Gasteiger partial charge >= 0.3 is 0 Å². The van der Waals surface area contributed by atoms with Crippen molar-refractivity contribution in [2.24, 2.45) is 0 Å². The molecule has 0 saturated carbocycles. The summed E-state index contributed by atoms with van der Waals surface area (Å²) >= 11 is 0. The van der Waals surface area contributed by atoms with Crippen LogP contribution in [0.3, 0.4) is 0 Å². The maximum atomic E-state index is 3.65. The van der Waals surface area contributed by atoms with Crippen LogP contribution in [0.15, 0.2) is 24.3 Å². The van der Waals surface area contributed by atoms with Gasteiger partial charge in [-0.1, -0.05) is 82.2 Å². The summed E-state index contributed by atoms with van der Waals surface area (Å²) in [5.74, 6) is 0. The molecule has 0 aliphatic rings. The summed E-state index contributed by atoms with van der Waals surface area (Å²) in [6.45, 7) is 7.72. The number of aryl methyl sites for hydroxylation is 1. The van der Waals surface area contributed by atoms with Crippen LogP contribution in [0.5, 0.6) is 0 Å². The summed E-state index contributed by atoms with van der Waals surface area (Å²) in [5.41, 5.74) is 2.82. The van der Waals surface area contributed by atoms with E-state index in [9.17, 15) is 0 Å². The van der Waals surface area contributed by atoms with Crippen molar-refractivity contribution >= 4 is 0 Å². The minimum atomic E-state index is 0.647. The molecule has 1 unspecified atom stereocenters. The molecular weight excluding hydrogens is 242 g/mol. The second-order valence-electron chi connectivity index (χ2n) is 6.00. The van der Waals surface area contributed by atoms with Crippen molar-refractivity contribution in [2.45, 2.75) is 78.2 Å². The van der Waals surface area contributed by atoms with Gasteiger partial charge in [0.15, 0.2) is 0 Å². The van der Waals surface area contributed by atoms with Crippen molar-refractivity contribution < 1.29 is 0 Å². The van der Waals surface area contributed by atoms with Crippen LogP contribution < -0.4 is 5.32 Å². The van der Waals surface area contributed by atoms with E-state index >= 15 is 0 Å². The normalized spacial score (nSPS) is 12.6. The lowest BCUT2D eigenvalue weighted by atomic mass is 9.99. The first-order chi connectivity index (χ1) is 9.76.